The molecule has 4 heteroatoms. The average molecular weight is 335 g/mol. The van der Waals surface area contributed by atoms with E-state index in [1.807, 2.05) is 18.2 Å². The Kier molecular flexibility index (Phi) is 3.38. The quantitative estimate of drug-likeness (QED) is 0.716. The van der Waals surface area contributed by atoms with Crippen molar-refractivity contribution >= 4 is 16.6 Å². The zero-order valence-electron chi connectivity index (χ0n) is 17.9. The molecule has 4 nitrogen and oxygen atoms in total. The molecule has 0 bridgehead atoms. The Hall–Kier alpha value is -2.59. The third-order valence-electron chi connectivity index (χ3n) is 4.51. The van der Waals surface area contributed by atoms with Crippen LogP contribution in [0.15, 0.2) is 54.9 Å². The summed E-state index contributed by atoms with van der Waals surface area (Å²) in [6.07, 6.45) is 3.74. The number of carbonyl (C=O) groups excluding carboxylic acids is 1. The van der Waals surface area contributed by atoms with Gasteiger partial charge in [-0.05, 0) is 55.1 Å². The van der Waals surface area contributed by atoms with E-state index in [1.165, 1.54) is 0 Å². The second kappa shape index (κ2) is 7.11. The fraction of sp³-hybridized carbons (Fsp3) is 0.286. The van der Waals surface area contributed by atoms with Crippen LogP contribution in [-0.4, -0.2) is 40.3 Å². The summed E-state index contributed by atoms with van der Waals surface area (Å²) in [6.45, 7) is 2.42. The minimum absolute atomic E-state index is 0.144. The molecule has 0 spiro atoms. The molecule has 0 radical (unpaired) electrons. The topological polar surface area (TPSA) is 46.1 Å². The number of benzene rings is 1. The minimum atomic E-state index is -0.368. The van der Waals surface area contributed by atoms with E-state index in [1.54, 1.807) is 12.3 Å². The Morgan fingerprint density at radius 1 is 1.16 bits per heavy atom. The van der Waals surface area contributed by atoms with Crippen LogP contribution in [0.25, 0.3) is 21.9 Å². The van der Waals surface area contributed by atoms with Crippen LogP contribution in [0.1, 0.15) is 24.0 Å². The number of likely N-dealkylation sites (tertiary alicyclic amines) is 1. The molecule has 25 heavy (non-hydrogen) atoms. The van der Waals surface area contributed by atoms with Crippen molar-refractivity contribution in [1.29, 1.82) is 0 Å². The summed E-state index contributed by atoms with van der Waals surface area (Å²) < 4.78 is 31.6. The van der Waals surface area contributed by atoms with Gasteiger partial charge in [0, 0.05) is 35.2 Å². The maximum absolute atomic E-state index is 12.4. The Morgan fingerprint density at radius 2 is 2.04 bits per heavy atom. The van der Waals surface area contributed by atoms with E-state index in [0.29, 0.717) is 17.8 Å². The van der Waals surface area contributed by atoms with E-state index in [0.717, 1.165) is 36.7 Å². The molecule has 1 aliphatic heterocycles. The lowest BCUT2D eigenvalue weighted by atomic mass is 10.0. The highest BCUT2D eigenvalue weighted by Crippen LogP contribution is 2.24. The number of fused-ring (bicyclic) bond motifs is 1. The van der Waals surface area contributed by atoms with Gasteiger partial charge in [-0.3, -0.25) is 19.7 Å². The molecule has 1 fully saturated rings. The van der Waals surface area contributed by atoms with Gasteiger partial charge in [0.2, 0.25) is 0 Å². The number of carbonyl (C=O) groups is 1. The normalized spacial score (nSPS) is 17.1. The summed E-state index contributed by atoms with van der Waals surface area (Å²) in [6, 6.07) is 6.82. The number of aromatic nitrogens is 2. The van der Waals surface area contributed by atoms with E-state index in [2.05, 4.69) is 14.9 Å². The zero-order valence-corrected chi connectivity index (χ0v) is 13.9. The fourth-order valence-electron chi connectivity index (χ4n) is 3.25. The Labute approximate surface area is 153 Å². The summed E-state index contributed by atoms with van der Waals surface area (Å²) >= 11 is 0. The van der Waals surface area contributed by atoms with Crippen molar-refractivity contribution in [2.45, 2.75) is 19.3 Å². The lowest BCUT2D eigenvalue weighted by Crippen LogP contribution is -2.27. The molecule has 0 amide bonds. The Bertz CT molecular complexity index is 1100. The highest BCUT2D eigenvalue weighted by molar-refractivity contribution is 5.88. The van der Waals surface area contributed by atoms with Gasteiger partial charge in [-0.25, -0.2) is 0 Å². The van der Waals surface area contributed by atoms with E-state index in [4.69, 9.17) is 5.48 Å². The summed E-state index contributed by atoms with van der Waals surface area (Å²) in [7, 11) is 0. The lowest BCUT2D eigenvalue weighted by molar-refractivity contribution is -0.119. The molecule has 2 aromatic heterocycles. The van der Waals surface area contributed by atoms with Crippen molar-refractivity contribution < 1.29 is 10.3 Å². The van der Waals surface area contributed by atoms with E-state index in [-0.39, 0.29) is 42.2 Å². The van der Waals surface area contributed by atoms with Crippen LogP contribution >= 0.6 is 0 Å². The molecule has 0 atom stereocenters. The van der Waals surface area contributed by atoms with Gasteiger partial charge in [0.05, 0.1) is 18.4 Å². The van der Waals surface area contributed by atoms with Gasteiger partial charge in [0.25, 0.3) is 0 Å². The number of hydrogen-bond acceptors (Lipinski definition) is 4. The van der Waals surface area contributed by atoms with Crippen molar-refractivity contribution in [2.75, 3.05) is 19.6 Å². The van der Waals surface area contributed by atoms with Crippen LogP contribution in [0.3, 0.4) is 0 Å². The van der Waals surface area contributed by atoms with Gasteiger partial charge < -0.3 is 0 Å². The summed E-state index contributed by atoms with van der Waals surface area (Å²) in [5.74, 6) is 0.144. The van der Waals surface area contributed by atoms with Gasteiger partial charge in [0.1, 0.15) is 0 Å². The molecular formula is C21H21N3O. The summed E-state index contributed by atoms with van der Waals surface area (Å²) in [4.78, 5) is 22.7. The number of nitrogens with zero attached hydrogens (tertiary/aromatic N) is 3. The number of rotatable bonds is 5. The molecule has 1 aliphatic rings. The van der Waals surface area contributed by atoms with Gasteiger partial charge in [-0.15, -0.1) is 0 Å². The fourth-order valence-corrected chi connectivity index (χ4v) is 3.25. The van der Waals surface area contributed by atoms with Gasteiger partial charge in [0.15, 0.2) is 5.78 Å². The van der Waals surface area contributed by atoms with Crippen LogP contribution in [0.5, 0.6) is 0 Å². The molecule has 4 rings (SSSR count). The average Bonchev–Trinajstić information content (AvgIpc) is 3.19. The highest BCUT2D eigenvalue weighted by Gasteiger charge is 2.15. The number of ketones is 1. The molecular weight excluding hydrogens is 310 g/mol. The maximum Gasteiger partial charge on any atom is 0.152 e. The standard InChI is InChI=1S/C21H21N3O/c25-21(15-24-8-1-2-9-24)12-20-11-19-10-16(5-6-18(19)14-23-20)17-4-3-7-22-13-17/h3-7,10-11,13-14H,1-2,8-9,12,15H2/i3D,4D,7D,13D. The van der Waals surface area contributed by atoms with Crippen LogP contribution in [0.4, 0.5) is 0 Å². The first-order chi connectivity index (χ1) is 13.9. The lowest BCUT2D eigenvalue weighted by Gasteiger charge is -2.13. The molecule has 1 saturated heterocycles. The molecule has 3 heterocycles. The molecule has 3 aromatic rings. The third kappa shape index (κ3) is 3.74. The monoisotopic (exact) mass is 335 g/mol. The van der Waals surface area contributed by atoms with Crippen LogP contribution in [0.2, 0.25) is 0 Å². The molecule has 1 aromatic carbocycles. The predicted octanol–water partition coefficient (Wildman–Crippen LogP) is 3.50. The number of pyridine rings is 2. The SMILES string of the molecule is [2H]c1nc([2H])c(-c2ccc3cnc(CC(=O)CN4CCCC4)cc3c2)c([2H])c1[2H]. The van der Waals surface area contributed by atoms with E-state index < -0.39 is 0 Å². The highest BCUT2D eigenvalue weighted by atomic mass is 16.1. The Balaban J connectivity index is 1.64. The van der Waals surface area contributed by atoms with Crippen LogP contribution < -0.4 is 0 Å². The Morgan fingerprint density at radius 3 is 2.92 bits per heavy atom. The van der Waals surface area contributed by atoms with Crippen molar-refractivity contribution in [2.24, 2.45) is 0 Å². The zero-order chi connectivity index (χ0) is 20.5. The summed E-state index contributed by atoms with van der Waals surface area (Å²) in [5.41, 5.74) is 1.52. The first-order valence-electron chi connectivity index (χ1n) is 10.5. The largest absolute Gasteiger partial charge is 0.298 e. The molecule has 0 unspecified atom stereocenters. The van der Waals surface area contributed by atoms with Crippen LogP contribution in [0, 0.1) is 0 Å². The van der Waals surface area contributed by atoms with E-state index >= 15 is 0 Å². The molecule has 0 saturated carbocycles. The summed E-state index contributed by atoms with van der Waals surface area (Å²) in [5, 5.41) is 1.74. The van der Waals surface area contributed by atoms with Crippen LogP contribution in [-0.2, 0) is 11.2 Å². The molecule has 0 aliphatic carbocycles. The first kappa shape index (κ1) is 11.9. The van der Waals surface area contributed by atoms with Crippen molar-refractivity contribution in [3.05, 3.63) is 60.6 Å². The van der Waals surface area contributed by atoms with Crippen molar-refractivity contribution in [3.8, 4) is 11.1 Å². The second-order valence-corrected chi connectivity index (χ2v) is 6.40. The van der Waals surface area contributed by atoms with Gasteiger partial charge in [-0.2, -0.15) is 0 Å². The predicted molar refractivity (Wildman–Crippen MR) is 99.4 cm³/mol. The van der Waals surface area contributed by atoms with E-state index in [9.17, 15) is 4.79 Å². The molecule has 0 N–H and O–H groups in total. The maximum atomic E-state index is 12.4. The minimum Gasteiger partial charge on any atom is -0.298 e. The van der Waals surface area contributed by atoms with Gasteiger partial charge >= 0.3 is 0 Å². The van der Waals surface area contributed by atoms with Crippen molar-refractivity contribution in [3.63, 3.8) is 0 Å². The molecule has 126 valence electrons. The second-order valence-electron chi connectivity index (χ2n) is 6.40. The first-order valence-corrected chi connectivity index (χ1v) is 8.50. The van der Waals surface area contributed by atoms with Gasteiger partial charge in [-0.1, -0.05) is 18.2 Å². The third-order valence-corrected chi connectivity index (χ3v) is 4.51. The number of Topliss-reactive ketones (excluding diaryl/α,β-unsaturated/α-hetero) is 1. The smallest absolute Gasteiger partial charge is 0.152 e. The number of hydrogen-bond donors (Lipinski definition) is 0. The van der Waals surface area contributed by atoms with Crippen molar-refractivity contribution in [1.82, 2.24) is 14.9 Å².